The van der Waals surface area contributed by atoms with Gasteiger partial charge in [-0.25, -0.2) is 4.79 Å². The number of halogens is 1. The SMILES string of the molecule is CCOC(=O)/C=C(/C)Oc1ccc(Cl)cc1. The van der Waals surface area contributed by atoms with Crippen molar-refractivity contribution in [3.63, 3.8) is 0 Å². The molecule has 0 aliphatic heterocycles. The normalized spacial score (nSPS) is 11.1. The largest absolute Gasteiger partial charge is 0.463 e. The van der Waals surface area contributed by atoms with Gasteiger partial charge < -0.3 is 9.47 Å². The molecule has 0 fully saturated rings. The predicted octanol–water partition coefficient (Wildman–Crippen LogP) is 3.19. The highest BCUT2D eigenvalue weighted by molar-refractivity contribution is 6.30. The van der Waals surface area contributed by atoms with Gasteiger partial charge in [0.05, 0.1) is 12.7 Å². The molecule has 0 saturated carbocycles. The standard InChI is InChI=1S/C12H13ClO3/c1-3-15-12(14)8-9(2)16-11-6-4-10(13)5-7-11/h4-8H,3H2,1-2H3/b9-8-. The Morgan fingerprint density at radius 3 is 2.56 bits per heavy atom. The van der Waals surface area contributed by atoms with Crippen molar-refractivity contribution in [3.8, 4) is 5.75 Å². The van der Waals surface area contributed by atoms with E-state index in [4.69, 9.17) is 21.1 Å². The molecular weight excluding hydrogens is 228 g/mol. The lowest BCUT2D eigenvalue weighted by Gasteiger charge is -2.05. The van der Waals surface area contributed by atoms with E-state index in [1.165, 1.54) is 6.08 Å². The summed E-state index contributed by atoms with van der Waals surface area (Å²) in [6.07, 6.45) is 1.30. The minimum Gasteiger partial charge on any atom is -0.463 e. The van der Waals surface area contributed by atoms with E-state index in [1.54, 1.807) is 38.1 Å². The smallest absolute Gasteiger partial charge is 0.334 e. The van der Waals surface area contributed by atoms with Crippen molar-refractivity contribution in [2.24, 2.45) is 0 Å². The van der Waals surface area contributed by atoms with E-state index in [1.807, 2.05) is 0 Å². The number of hydrogen-bond donors (Lipinski definition) is 0. The second kappa shape index (κ2) is 6.18. The molecule has 86 valence electrons. The quantitative estimate of drug-likeness (QED) is 0.461. The maximum atomic E-state index is 11.1. The summed E-state index contributed by atoms with van der Waals surface area (Å²) in [6.45, 7) is 3.79. The first kappa shape index (κ1) is 12.6. The fraction of sp³-hybridized carbons (Fsp3) is 0.250. The number of rotatable bonds is 4. The minimum absolute atomic E-state index is 0.351. The zero-order chi connectivity index (χ0) is 12.0. The van der Waals surface area contributed by atoms with Crippen molar-refractivity contribution in [2.45, 2.75) is 13.8 Å². The van der Waals surface area contributed by atoms with Crippen LogP contribution in [0.2, 0.25) is 5.02 Å². The first-order valence-electron chi connectivity index (χ1n) is 4.90. The Balaban J connectivity index is 2.60. The Bertz CT molecular complexity index is 382. The number of carbonyl (C=O) groups is 1. The van der Waals surface area contributed by atoms with Crippen molar-refractivity contribution >= 4 is 17.6 Å². The highest BCUT2D eigenvalue weighted by atomic mass is 35.5. The molecule has 0 unspecified atom stereocenters. The molecule has 1 aromatic carbocycles. The Morgan fingerprint density at radius 1 is 1.38 bits per heavy atom. The molecule has 0 radical (unpaired) electrons. The number of esters is 1. The van der Waals surface area contributed by atoms with Gasteiger partial charge in [-0.1, -0.05) is 11.6 Å². The molecule has 0 aromatic heterocycles. The van der Waals surface area contributed by atoms with Crippen LogP contribution < -0.4 is 4.74 Å². The van der Waals surface area contributed by atoms with Gasteiger partial charge in [0, 0.05) is 5.02 Å². The fourth-order valence-electron chi connectivity index (χ4n) is 1.07. The molecule has 0 aliphatic carbocycles. The van der Waals surface area contributed by atoms with Gasteiger partial charge in [0.2, 0.25) is 0 Å². The molecule has 0 saturated heterocycles. The molecule has 1 rings (SSSR count). The van der Waals surface area contributed by atoms with Gasteiger partial charge in [-0.2, -0.15) is 0 Å². The summed E-state index contributed by atoms with van der Waals surface area (Å²) in [6, 6.07) is 6.89. The number of carbonyl (C=O) groups excluding carboxylic acids is 1. The molecule has 0 aliphatic rings. The van der Waals surface area contributed by atoms with Gasteiger partial charge in [-0.15, -0.1) is 0 Å². The Morgan fingerprint density at radius 2 is 2.00 bits per heavy atom. The van der Waals surface area contributed by atoms with E-state index < -0.39 is 5.97 Å². The fourth-order valence-corrected chi connectivity index (χ4v) is 1.19. The highest BCUT2D eigenvalue weighted by Crippen LogP contribution is 2.17. The number of allylic oxidation sites excluding steroid dienone is 1. The number of ether oxygens (including phenoxy) is 2. The zero-order valence-electron chi connectivity index (χ0n) is 9.20. The summed E-state index contributed by atoms with van der Waals surface area (Å²) in [5, 5.41) is 0.638. The second-order valence-corrected chi connectivity index (χ2v) is 3.50. The lowest BCUT2D eigenvalue weighted by molar-refractivity contribution is -0.137. The summed E-state index contributed by atoms with van der Waals surface area (Å²) in [4.78, 5) is 11.1. The van der Waals surface area contributed by atoms with Crippen molar-refractivity contribution < 1.29 is 14.3 Å². The predicted molar refractivity (Wildman–Crippen MR) is 62.5 cm³/mol. The van der Waals surface area contributed by atoms with Gasteiger partial charge in [-0.05, 0) is 38.1 Å². The molecule has 16 heavy (non-hydrogen) atoms. The Kier molecular flexibility index (Phi) is 4.86. The molecular formula is C12H13ClO3. The first-order chi connectivity index (χ1) is 7.61. The number of hydrogen-bond acceptors (Lipinski definition) is 3. The van der Waals surface area contributed by atoms with Crippen LogP contribution in [0.4, 0.5) is 0 Å². The summed E-state index contributed by atoms with van der Waals surface area (Å²) >= 11 is 5.73. The minimum atomic E-state index is -0.408. The van der Waals surface area contributed by atoms with E-state index in [0.717, 1.165) is 0 Å². The lowest BCUT2D eigenvalue weighted by atomic mass is 10.3. The van der Waals surface area contributed by atoms with Crippen molar-refractivity contribution in [1.82, 2.24) is 0 Å². The van der Waals surface area contributed by atoms with Crippen LogP contribution in [-0.4, -0.2) is 12.6 Å². The molecule has 0 heterocycles. The number of benzene rings is 1. The topological polar surface area (TPSA) is 35.5 Å². The van der Waals surface area contributed by atoms with E-state index in [9.17, 15) is 4.79 Å². The van der Waals surface area contributed by atoms with Gasteiger partial charge in [0.25, 0.3) is 0 Å². The maximum absolute atomic E-state index is 11.1. The summed E-state index contributed by atoms with van der Waals surface area (Å²) < 4.78 is 10.1. The third-order valence-electron chi connectivity index (χ3n) is 1.70. The second-order valence-electron chi connectivity index (χ2n) is 3.06. The van der Waals surface area contributed by atoms with Crippen LogP contribution in [0.3, 0.4) is 0 Å². The molecule has 0 N–H and O–H groups in total. The van der Waals surface area contributed by atoms with Crippen molar-refractivity contribution in [3.05, 3.63) is 41.1 Å². The van der Waals surface area contributed by atoms with Crippen LogP contribution in [0, 0.1) is 0 Å². The molecule has 0 atom stereocenters. The van der Waals surface area contributed by atoms with Crippen LogP contribution in [0.15, 0.2) is 36.1 Å². The van der Waals surface area contributed by atoms with Crippen LogP contribution >= 0.6 is 11.6 Å². The van der Waals surface area contributed by atoms with Gasteiger partial charge >= 0.3 is 5.97 Å². The van der Waals surface area contributed by atoms with E-state index in [-0.39, 0.29) is 0 Å². The first-order valence-corrected chi connectivity index (χ1v) is 5.28. The molecule has 0 spiro atoms. The Hall–Kier alpha value is -1.48. The zero-order valence-corrected chi connectivity index (χ0v) is 9.95. The van der Waals surface area contributed by atoms with Gasteiger partial charge in [0.15, 0.2) is 0 Å². The summed E-state index contributed by atoms with van der Waals surface area (Å²) in [5.41, 5.74) is 0. The average molecular weight is 241 g/mol. The molecule has 0 amide bonds. The van der Waals surface area contributed by atoms with E-state index in [2.05, 4.69) is 0 Å². The average Bonchev–Trinajstić information content (AvgIpc) is 2.21. The van der Waals surface area contributed by atoms with Gasteiger partial charge in [0.1, 0.15) is 11.5 Å². The van der Waals surface area contributed by atoms with Crippen LogP contribution in [-0.2, 0) is 9.53 Å². The highest BCUT2D eigenvalue weighted by Gasteiger charge is 2.00. The third-order valence-corrected chi connectivity index (χ3v) is 1.95. The van der Waals surface area contributed by atoms with Crippen molar-refractivity contribution in [1.29, 1.82) is 0 Å². The Labute approximate surface area is 99.6 Å². The van der Waals surface area contributed by atoms with Crippen LogP contribution in [0.1, 0.15) is 13.8 Å². The molecule has 3 nitrogen and oxygen atoms in total. The lowest BCUT2D eigenvalue weighted by Crippen LogP contribution is -2.02. The maximum Gasteiger partial charge on any atom is 0.334 e. The van der Waals surface area contributed by atoms with E-state index in [0.29, 0.717) is 23.1 Å². The van der Waals surface area contributed by atoms with Crippen LogP contribution in [0.25, 0.3) is 0 Å². The van der Waals surface area contributed by atoms with Crippen LogP contribution in [0.5, 0.6) is 5.75 Å². The molecule has 0 bridgehead atoms. The van der Waals surface area contributed by atoms with Gasteiger partial charge in [-0.3, -0.25) is 0 Å². The molecule has 4 heteroatoms. The van der Waals surface area contributed by atoms with E-state index >= 15 is 0 Å². The third kappa shape index (κ3) is 4.36. The van der Waals surface area contributed by atoms with Crippen molar-refractivity contribution in [2.75, 3.05) is 6.61 Å². The summed E-state index contributed by atoms with van der Waals surface area (Å²) in [7, 11) is 0. The monoisotopic (exact) mass is 240 g/mol. The molecule has 1 aromatic rings. The summed E-state index contributed by atoms with van der Waals surface area (Å²) in [5.74, 6) is 0.692.